The molecule has 0 atom stereocenters. The number of aryl methyl sites for hydroxylation is 1. The van der Waals surface area contributed by atoms with Crippen LogP contribution in [0.3, 0.4) is 0 Å². The van der Waals surface area contributed by atoms with Gasteiger partial charge in [0, 0.05) is 26.7 Å². The zero-order chi connectivity index (χ0) is 19.8. The van der Waals surface area contributed by atoms with E-state index in [0.29, 0.717) is 17.7 Å². The van der Waals surface area contributed by atoms with Crippen molar-refractivity contribution in [3.05, 3.63) is 16.6 Å². The van der Waals surface area contributed by atoms with E-state index in [9.17, 15) is 9.59 Å². The molecule has 9 nitrogen and oxygen atoms in total. The fraction of sp³-hybridized carbons (Fsp3) is 0.667. The molecule has 1 amide bonds. The lowest BCUT2D eigenvalue weighted by atomic mass is 9.80. The van der Waals surface area contributed by atoms with Crippen LogP contribution in [0.25, 0.3) is 11.2 Å². The number of hydrogen-bond acceptors (Lipinski definition) is 6. The van der Waals surface area contributed by atoms with Crippen LogP contribution in [0.1, 0.15) is 40.5 Å². The quantitative estimate of drug-likeness (QED) is 0.846. The van der Waals surface area contributed by atoms with Gasteiger partial charge in [0.25, 0.3) is 5.56 Å². The summed E-state index contributed by atoms with van der Waals surface area (Å²) in [5.41, 5.74) is 0.184. The van der Waals surface area contributed by atoms with Gasteiger partial charge in [-0.1, -0.05) is 6.92 Å². The molecule has 9 heteroatoms. The molecule has 1 fully saturated rings. The van der Waals surface area contributed by atoms with Crippen molar-refractivity contribution in [1.82, 2.24) is 25.1 Å². The van der Waals surface area contributed by atoms with Gasteiger partial charge in [-0.3, -0.25) is 14.6 Å². The number of piperidine rings is 1. The molecule has 0 aromatic carbocycles. The third kappa shape index (κ3) is 4.40. The van der Waals surface area contributed by atoms with Crippen molar-refractivity contribution in [2.24, 2.45) is 12.5 Å². The molecule has 0 spiro atoms. The maximum atomic E-state index is 11.9. The van der Waals surface area contributed by atoms with E-state index < -0.39 is 5.60 Å². The zero-order valence-electron chi connectivity index (χ0n) is 16.6. The lowest BCUT2D eigenvalue weighted by Gasteiger charge is -2.40. The van der Waals surface area contributed by atoms with Crippen LogP contribution in [-0.4, -0.2) is 51.1 Å². The summed E-state index contributed by atoms with van der Waals surface area (Å²) in [7, 11) is 1.75. The number of nitrogens with one attached hydrogen (secondary N) is 2. The second-order valence-electron chi connectivity index (χ2n) is 8.55. The summed E-state index contributed by atoms with van der Waals surface area (Å²) in [5.74, 6) is 0.763. The molecular formula is C18H28N6O3. The predicted molar refractivity (Wildman–Crippen MR) is 103 cm³/mol. The van der Waals surface area contributed by atoms with Gasteiger partial charge in [-0.2, -0.15) is 0 Å². The van der Waals surface area contributed by atoms with E-state index in [0.717, 1.165) is 31.7 Å². The highest BCUT2D eigenvalue weighted by atomic mass is 16.6. The predicted octanol–water partition coefficient (Wildman–Crippen LogP) is 1.79. The molecule has 148 valence electrons. The lowest BCUT2D eigenvalue weighted by molar-refractivity contribution is 0.0495. The van der Waals surface area contributed by atoms with Crippen molar-refractivity contribution in [2.45, 2.75) is 46.1 Å². The minimum absolute atomic E-state index is 0.00583. The molecule has 27 heavy (non-hydrogen) atoms. The van der Waals surface area contributed by atoms with Gasteiger partial charge in [0.15, 0.2) is 11.2 Å². The monoisotopic (exact) mass is 376 g/mol. The van der Waals surface area contributed by atoms with E-state index in [2.05, 4.69) is 32.2 Å². The van der Waals surface area contributed by atoms with Crippen LogP contribution in [-0.2, 0) is 11.8 Å². The second kappa shape index (κ2) is 6.86. The highest BCUT2D eigenvalue weighted by Gasteiger charge is 2.32. The molecule has 2 N–H and O–H groups in total. The van der Waals surface area contributed by atoms with Gasteiger partial charge < -0.3 is 15.0 Å². The summed E-state index contributed by atoms with van der Waals surface area (Å²) in [4.78, 5) is 34.7. The number of rotatable bonds is 3. The Bertz CT molecular complexity index is 887. The van der Waals surface area contributed by atoms with E-state index in [4.69, 9.17) is 4.74 Å². The van der Waals surface area contributed by atoms with Gasteiger partial charge in [0.2, 0.25) is 0 Å². The first kappa shape index (κ1) is 19.2. The molecule has 0 aliphatic carbocycles. The standard InChI is InChI=1S/C18H28N6O3/c1-17(2,3)27-16(26)20-11-18(4)6-8-24(9-7-18)12-10-19-13-14(21-12)23(5)22-15(13)25/h10H,6-9,11H2,1-5H3,(H,20,26)(H,22,25). The first-order valence-corrected chi connectivity index (χ1v) is 9.20. The molecular weight excluding hydrogens is 348 g/mol. The normalized spacial score (nSPS) is 17.1. The van der Waals surface area contributed by atoms with Gasteiger partial charge in [-0.05, 0) is 39.0 Å². The number of alkyl carbamates (subject to hydrolysis) is 1. The fourth-order valence-electron chi connectivity index (χ4n) is 3.23. The third-order valence-electron chi connectivity index (χ3n) is 4.90. The topological polar surface area (TPSA) is 105 Å². The van der Waals surface area contributed by atoms with Crippen LogP contribution < -0.4 is 15.8 Å². The Hall–Kier alpha value is -2.58. The van der Waals surface area contributed by atoms with Crippen LogP contribution in [0, 0.1) is 5.41 Å². The van der Waals surface area contributed by atoms with Crippen molar-refractivity contribution in [2.75, 3.05) is 24.5 Å². The Kier molecular flexibility index (Phi) is 4.88. The summed E-state index contributed by atoms with van der Waals surface area (Å²) in [6.45, 7) is 9.93. The van der Waals surface area contributed by atoms with E-state index >= 15 is 0 Å². The van der Waals surface area contributed by atoms with E-state index in [1.807, 2.05) is 20.8 Å². The molecule has 1 saturated heterocycles. The summed E-state index contributed by atoms with van der Waals surface area (Å²) in [5, 5.41) is 5.56. The van der Waals surface area contributed by atoms with E-state index in [1.165, 1.54) is 0 Å². The van der Waals surface area contributed by atoms with E-state index in [1.54, 1.807) is 17.9 Å². The van der Waals surface area contributed by atoms with Crippen LogP contribution in [0.5, 0.6) is 0 Å². The molecule has 0 saturated carbocycles. The Balaban J connectivity index is 1.60. The average Bonchev–Trinajstić information content (AvgIpc) is 2.86. The van der Waals surface area contributed by atoms with Crippen molar-refractivity contribution in [1.29, 1.82) is 0 Å². The minimum atomic E-state index is -0.496. The molecule has 0 unspecified atom stereocenters. The molecule has 2 aromatic heterocycles. The maximum Gasteiger partial charge on any atom is 0.407 e. The number of carbonyl (C=O) groups excluding carboxylic acids is 1. The smallest absolute Gasteiger partial charge is 0.407 e. The summed E-state index contributed by atoms with van der Waals surface area (Å²) < 4.78 is 6.90. The van der Waals surface area contributed by atoms with Gasteiger partial charge in [-0.15, -0.1) is 0 Å². The number of fused-ring (bicyclic) bond motifs is 1. The number of H-pyrrole nitrogens is 1. The van der Waals surface area contributed by atoms with Crippen LogP contribution >= 0.6 is 0 Å². The SMILES string of the molecule is Cn1[nH]c(=O)c2ncc(N3CCC(C)(CNC(=O)OC(C)(C)C)CC3)nc21. The summed E-state index contributed by atoms with van der Waals surface area (Å²) in [6, 6.07) is 0. The Labute approximate surface area is 158 Å². The van der Waals surface area contributed by atoms with Crippen molar-refractivity contribution in [3.63, 3.8) is 0 Å². The van der Waals surface area contributed by atoms with Gasteiger partial charge >= 0.3 is 6.09 Å². The minimum Gasteiger partial charge on any atom is -0.444 e. The number of aromatic nitrogens is 4. The third-order valence-corrected chi connectivity index (χ3v) is 4.90. The highest BCUT2D eigenvalue weighted by Crippen LogP contribution is 2.32. The molecule has 1 aliphatic heterocycles. The van der Waals surface area contributed by atoms with Gasteiger partial charge in [-0.25, -0.2) is 14.8 Å². The van der Waals surface area contributed by atoms with Crippen LogP contribution in [0.15, 0.2) is 11.0 Å². The number of hydrogen-bond donors (Lipinski definition) is 2. The van der Waals surface area contributed by atoms with Crippen molar-refractivity contribution >= 4 is 23.1 Å². The molecule has 0 radical (unpaired) electrons. The van der Waals surface area contributed by atoms with Crippen LogP contribution in [0.2, 0.25) is 0 Å². The largest absolute Gasteiger partial charge is 0.444 e. The zero-order valence-corrected chi connectivity index (χ0v) is 16.6. The molecule has 3 heterocycles. The summed E-state index contributed by atoms with van der Waals surface area (Å²) >= 11 is 0. The first-order chi connectivity index (χ1) is 12.6. The number of carbonyl (C=O) groups is 1. The Morgan fingerprint density at radius 2 is 2.04 bits per heavy atom. The fourth-order valence-corrected chi connectivity index (χ4v) is 3.23. The lowest BCUT2D eigenvalue weighted by Crippen LogP contribution is -2.46. The number of ether oxygens (including phenoxy) is 1. The number of amides is 1. The molecule has 1 aliphatic rings. The molecule has 2 aromatic rings. The van der Waals surface area contributed by atoms with Crippen molar-refractivity contribution in [3.8, 4) is 0 Å². The molecule has 3 rings (SSSR count). The van der Waals surface area contributed by atoms with Crippen LogP contribution in [0.4, 0.5) is 10.6 Å². The molecule has 0 bridgehead atoms. The van der Waals surface area contributed by atoms with Gasteiger partial charge in [0.1, 0.15) is 11.4 Å². The highest BCUT2D eigenvalue weighted by molar-refractivity contribution is 5.71. The maximum absolute atomic E-state index is 11.9. The average molecular weight is 376 g/mol. The van der Waals surface area contributed by atoms with Gasteiger partial charge in [0.05, 0.1) is 6.20 Å². The van der Waals surface area contributed by atoms with Crippen molar-refractivity contribution < 1.29 is 9.53 Å². The number of nitrogens with zero attached hydrogens (tertiary/aromatic N) is 4. The Morgan fingerprint density at radius 1 is 1.37 bits per heavy atom. The Morgan fingerprint density at radius 3 is 2.67 bits per heavy atom. The van der Waals surface area contributed by atoms with E-state index in [-0.39, 0.29) is 17.1 Å². The number of anilines is 1. The summed E-state index contributed by atoms with van der Waals surface area (Å²) in [6.07, 6.45) is 3.10. The first-order valence-electron chi connectivity index (χ1n) is 9.20. The number of aromatic amines is 1. The second-order valence-corrected chi connectivity index (χ2v) is 8.55.